The lowest BCUT2D eigenvalue weighted by molar-refractivity contribution is -0.141. The first-order valence-corrected chi connectivity index (χ1v) is 19.0. The van der Waals surface area contributed by atoms with E-state index in [2.05, 4.69) is 34.8 Å². The van der Waals surface area contributed by atoms with E-state index >= 15 is 0 Å². The van der Waals surface area contributed by atoms with Crippen LogP contribution in [-0.4, -0.2) is 150 Å². The number of aromatic nitrogens is 6. The normalized spacial score (nSPS) is 12.5. The highest BCUT2D eigenvalue weighted by atomic mass is 19.1. The first-order valence-electron chi connectivity index (χ1n) is 19.0. The van der Waals surface area contributed by atoms with Crippen molar-refractivity contribution in [3.8, 4) is 28.8 Å². The lowest BCUT2D eigenvalue weighted by Crippen LogP contribution is -2.29. The smallest absolute Gasteiger partial charge is 0.325 e. The molecule has 57 heavy (non-hydrogen) atoms. The van der Waals surface area contributed by atoms with Crippen LogP contribution in [0.4, 0.5) is 16.0 Å². The highest BCUT2D eigenvalue weighted by Crippen LogP contribution is 2.32. The summed E-state index contributed by atoms with van der Waals surface area (Å²) < 4.78 is 24.3. The summed E-state index contributed by atoms with van der Waals surface area (Å²) in [4.78, 5) is 57.2. The van der Waals surface area contributed by atoms with Gasteiger partial charge in [0.15, 0.2) is 11.6 Å². The number of aliphatic hydroxyl groups is 1. The summed E-state index contributed by atoms with van der Waals surface area (Å²) in [7, 11) is 11.4. The average molecular weight is 791 g/mol. The zero-order valence-corrected chi connectivity index (χ0v) is 34.0. The Kier molecular flexibility index (Phi) is 16.9. The second-order valence-corrected chi connectivity index (χ2v) is 14.1. The van der Waals surface area contributed by atoms with Gasteiger partial charge in [0.05, 0.1) is 13.2 Å². The van der Waals surface area contributed by atoms with Crippen LogP contribution < -0.4 is 14.5 Å². The number of halogens is 1. The fourth-order valence-electron chi connectivity index (χ4n) is 6.14. The van der Waals surface area contributed by atoms with Gasteiger partial charge in [-0.15, -0.1) is 0 Å². The van der Waals surface area contributed by atoms with Gasteiger partial charge in [0.1, 0.15) is 54.3 Å². The van der Waals surface area contributed by atoms with E-state index in [0.717, 1.165) is 74.1 Å². The summed E-state index contributed by atoms with van der Waals surface area (Å²) in [5, 5.41) is 17.3. The molecule has 6 rings (SSSR count). The average Bonchev–Trinajstić information content (AvgIpc) is 3.84. The molecule has 0 saturated carbocycles. The largest absolute Gasteiger partial charge is 0.492 e. The number of carbonyl (C=O) groups is 2. The third-order valence-corrected chi connectivity index (χ3v) is 8.86. The van der Waals surface area contributed by atoms with Crippen molar-refractivity contribution in [1.82, 2.24) is 39.7 Å². The standard InChI is InChI=1S/C19H25N5O3.C17H19FN4O2.C4H11NO/c1-23(2)9-10-27-13-7-8-20-16(11-13)18-21-15-6-4-5-14(15)19(22-18)24(3)12-17(25)26;1-3-24-15(23)10-22(2)17-12-5-4-6-13(12)20-16(21-17)14-9-11(18)7-8-19-14;1-5(2)3-4-6/h7-8,11H,4-6,9-10,12H2,1-3H3,(H,25,26);7-9H,3-6,10H2,1-2H3;6H,3-4H2,1-2H3. The lowest BCUT2D eigenvalue weighted by atomic mass is 10.2. The van der Waals surface area contributed by atoms with Gasteiger partial charge < -0.3 is 39.3 Å². The number of carboxylic acid groups (broad SMARTS) is 1. The summed E-state index contributed by atoms with van der Waals surface area (Å²) in [6, 6.07) is 6.23. The lowest BCUT2D eigenvalue weighted by Gasteiger charge is -2.20. The van der Waals surface area contributed by atoms with Gasteiger partial charge in [0, 0.05) is 74.2 Å². The van der Waals surface area contributed by atoms with Crippen LogP contribution >= 0.6 is 0 Å². The molecule has 0 aromatic carbocycles. The molecule has 4 aromatic rings. The van der Waals surface area contributed by atoms with Gasteiger partial charge in [0.25, 0.3) is 0 Å². The van der Waals surface area contributed by atoms with Crippen molar-refractivity contribution < 1.29 is 33.7 Å². The molecule has 308 valence electrons. The number of rotatable bonds is 15. The molecule has 0 aliphatic heterocycles. The maximum atomic E-state index is 13.5. The SMILES string of the molecule is CCOC(=O)CN(C)c1nc(-c2cc(F)ccn2)nc2c1CCC2.CN(C)CCO.CN(C)CCOc1ccnc(-c2nc3c(c(N(C)CC(=O)O)n2)CCC3)c1. The number of hydrogen-bond acceptors (Lipinski definition) is 15. The Hall–Kier alpha value is -5.39. The fourth-order valence-corrected chi connectivity index (χ4v) is 6.14. The van der Waals surface area contributed by atoms with Crippen LogP contribution in [0.5, 0.6) is 5.75 Å². The topological polar surface area (TPSA) is 183 Å². The van der Waals surface area contributed by atoms with Crippen molar-refractivity contribution in [3.05, 3.63) is 65.0 Å². The van der Waals surface area contributed by atoms with Crippen LogP contribution in [0.15, 0.2) is 36.7 Å². The second kappa shape index (κ2) is 21.8. The predicted octanol–water partition coefficient (Wildman–Crippen LogP) is 3.19. The summed E-state index contributed by atoms with van der Waals surface area (Å²) >= 11 is 0. The number of carbonyl (C=O) groups excluding carboxylic acids is 1. The minimum Gasteiger partial charge on any atom is -0.492 e. The third-order valence-electron chi connectivity index (χ3n) is 8.86. The zero-order chi connectivity index (χ0) is 41.5. The molecule has 0 saturated heterocycles. The Bertz CT molecular complexity index is 1950. The van der Waals surface area contributed by atoms with Gasteiger partial charge in [-0.2, -0.15) is 0 Å². The molecule has 4 heterocycles. The minimum atomic E-state index is -0.890. The van der Waals surface area contributed by atoms with E-state index in [1.165, 1.54) is 18.3 Å². The molecule has 0 unspecified atom stereocenters. The van der Waals surface area contributed by atoms with Gasteiger partial charge >= 0.3 is 11.9 Å². The maximum Gasteiger partial charge on any atom is 0.325 e. The highest BCUT2D eigenvalue weighted by Gasteiger charge is 2.25. The number of aliphatic carboxylic acids is 1. The van der Waals surface area contributed by atoms with Crippen LogP contribution in [0.25, 0.3) is 23.0 Å². The summed E-state index contributed by atoms with van der Waals surface area (Å²) in [6.07, 6.45) is 8.52. The van der Waals surface area contributed by atoms with Crippen LogP contribution in [0.2, 0.25) is 0 Å². The minimum absolute atomic E-state index is 0.104. The van der Waals surface area contributed by atoms with Crippen molar-refractivity contribution in [3.63, 3.8) is 0 Å². The monoisotopic (exact) mass is 790 g/mol. The van der Waals surface area contributed by atoms with Crippen molar-refractivity contribution in [2.24, 2.45) is 0 Å². The Morgan fingerprint density at radius 1 is 0.754 bits per heavy atom. The number of carboxylic acids is 1. The number of aliphatic hydroxyl groups excluding tert-OH is 1. The fraction of sp³-hybridized carbons (Fsp3) is 0.500. The molecule has 4 aromatic heterocycles. The van der Waals surface area contributed by atoms with Gasteiger partial charge in [-0.1, -0.05) is 0 Å². The summed E-state index contributed by atoms with van der Waals surface area (Å²) in [6.45, 7) is 4.52. The molecule has 0 bridgehead atoms. The molecule has 0 spiro atoms. The van der Waals surface area contributed by atoms with Crippen molar-refractivity contribution in [2.75, 3.05) is 98.1 Å². The number of hydrogen-bond donors (Lipinski definition) is 2. The third kappa shape index (κ3) is 13.4. The van der Waals surface area contributed by atoms with E-state index in [9.17, 15) is 14.0 Å². The van der Waals surface area contributed by atoms with E-state index in [0.29, 0.717) is 53.6 Å². The first-order chi connectivity index (χ1) is 27.3. The second-order valence-electron chi connectivity index (χ2n) is 14.1. The van der Waals surface area contributed by atoms with E-state index in [1.54, 1.807) is 37.0 Å². The predicted molar refractivity (Wildman–Crippen MR) is 215 cm³/mol. The van der Waals surface area contributed by atoms with Crippen LogP contribution in [-0.2, 0) is 40.0 Å². The quantitative estimate of drug-likeness (QED) is 0.167. The van der Waals surface area contributed by atoms with Crippen molar-refractivity contribution in [1.29, 1.82) is 0 Å². The Morgan fingerprint density at radius 3 is 1.79 bits per heavy atom. The molecule has 0 amide bonds. The molecule has 16 nitrogen and oxygen atoms in total. The molecule has 2 aliphatic rings. The Balaban J connectivity index is 0.000000222. The van der Waals surface area contributed by atoms with E-state index in [-0.39, 0.29) is 31.5 Å². The van der Waals surface area contributed by atoms with E-state index in [1.807, 2.05) is 45.2 Å². The number of likely N-dealkylation sites (N-methyl/N-ethyl adjacent to an activating group) is 4. The number of fused-ring (bicyclic) bond motifs is 2. The maximum absolute atomic E-state index is 13.5. The van der Waals surface area contributed by atoms with Gasteiger partial charge in [-0.25, -0.2) is 24.3 Å². The molecular weight excluding hydrogens is 736 g/mol. The number of esters is 1. The molecule has 17 heteroatoms. The van der Waals surface area contributed by atoms with Gasteiger partial charge in [-0.3, -0.25) is 19.6 Å². The van der Waals surface area contributed by atoms with E-state index in [4.69, 9.17) is 19.7 Å². The van der Waals surface area contributed by atoms with Crippen molar-refractivity contribution in [2.45, 2.75) is 45.4 Å². The molecule has 0 fully saturated rings. The molecule has 0 radical (unpaired) electrons. The number of nitrogens with zero attached hydrogens (tertiary/aromatic N) is 10. The molecular formula is C40H55FN10O6. The van der Waals surface area contributed by atoms with Gasteiger partial charge in [0.2, 0.25) is 0 Å². The van der Waals surface area contributed by atoms with E-state index < -0.39 is 5.97 Å². The van der Waals surface area contributed by atoms with Crippen LogP contribution in [0.1, 0.15) is 42.3 Å². The highest BCUT2D eigenvalue weighted by molar-refractivity contribution is 5.76. The Morgan fingerprint density at radius 2 is 1.30 bits per heavy atom. The zero-order valence-electron chi connectivity index (χ0n) is 34.0. The Labute approximate surface area is 333 Å². The van der Waals surface area contributed by atoms with Crippen LogP contribution in [0, 0.1) is 5.82 Å². The molecule has 2 N–H and O–H groups in total. The van der Waals surface area contributed by atoms with Crippen molar-refractivity contribution >= 4 is 23.6 Å². The van der Waals surface area contributed by atoms with Gasteiger partial charge in [-0.05, 0) is 85.8 Å². The number of pyridine rings is 2. The number of anilines is 2. The first kappa shape index (κ1) is 44.3. The van der Waals surface area contributed by atoms with Crippen LogP contribution in [0.3, 0.4) is 0 Å². The number of aryl methyl sites for hydroxylation is 2. The summed E-state index contributed by atoms with van der Waals surface area (Å²) in [5.41, 5.74) is 5.01. The molecule has 2 aliphatic carbocycles. The number of ether oxygens (including phenoxy) is 2. The molecule has 0 atom stereocenters. The summed E-state index contributed by atoms with van der Waals surface area (Å²) in [5.74, 6) is 1.37.